The number of hydrogen-bond acceptors (Lipinski definition) is 4. The molecule has 0 unspecified atom stereocenters. The zero-order valence-electron chi connectivity index (χ0n) is 8.18. The van der Waals surface area contributed by atoms with Crippen molar-refractivity contribution in [2.45, 2.75) is 6.42 Å². The maximum atomic E-state index is 10.3. The number of hydrogen-bond donors (Lipinski definition) is 4. The molecule has 4 N–H and O–H groups in total. The molecule has 0 atom stereocenters. The first kappa shape index (κ1) is 17.6. The number of nitrogens with zero attached hydrogens (tertiary/aromatic N) is 1. The van der Waals surface area contributed by atoms with Crippen LogP contribution in [0.25, 0.3) is 0 Å². The van der Waals surface area contributed by atoms with Crippen molar-refractivity contribution in [2.75, 3.05) is 12.8 Å². The van der Waals surface area contributed by atoms with Gasteiger partial charge in [0.1, 0.15) is 6.07 Å². The maximum absolute atomic E-state index is 10.3. The van der Waals surface area contributed by atoms with E-state index < -0.39 is 15.9 Å². The molecule has 0 aromatic heterocycles. The highest BCUT2D eigenvalue weighted by molar-refractivity contribution is 7.51. The highest BCUT2D eigenvalue weighted by atomic mass is 31.2. The van der Waals surface area contributed by atoms with Crippen molar-refractivity contribution >= 4 is 15.9 Å². The Balaban J connectivity index is 0. The first-order valence-electron chi connectivity index (χ1n) is 3.80. The normalized spacial score (nSPS) is 9.44. The van der Waals surface area contributed by atoms with Gasteiger partial charge in [-0.3, -0.25) is 4.57 Å². The summed E-state index contributed by atoms with van der Waals surface area (Å²) in [6, 6.07) is 1.65. The molecule has 92 valence electrons. The lowest BCUT2D eigenvalue weighted by molar-refractivity contribution is 0.226. The molecule has 0 rings (SSSR count). The molecule has 0 heterocycles. The predicted octanol–water partition coefficient (Wildman–Crippen LogP) is 0.236. The van der Waals surface area contributed by atoms with Crippen LogP contribution in [0.1, 0.15) is 6.42 Å². The number of rotatable bonds is 5. The van der Waals surface area contributed by atoms with Crippen LogP contribution in [0.3, 0.4) is 0 Å². The van der Waals surface area contributed by atoms with Crippen LogP contribution in [0.4, 0.5) is 0 Å². The fraction of sp³-hybridized carbons (Fsp3) is 0.500. The minimum atomic E-state index is -3.93. The third-order valence-electron chi connectivity index (χ3n) is 0.995. The second-order valence-electron chi connectivity index (χ2n) is 2.38. The molecule has 0 saturated heterocycles. The summed E-state index contributed by atoms with van der Waals surface area (Å²) in [6.07, 6.45) is -0.0172. The lowest BCUT2D eigenvalue weighted by atomic mass is 10.5. The molecule has 0 aliphatic rings. The van der Waals surface area contributed by atoms with Crippen molar-refractivity contribution in [3.8, 4) is 6.07 Å². The summed E-state index contributed by atoms with van der Waals surface area (Å²) < 4.78 is 23.7. The number of nitriles is 1. The van der Waals surface area contributed by atoms with Crippen LogP contribution in [0.2, 0.25) is 0 Å². The Labute approximate surface area is 92.9 Å². The lowest BCUT2D eigenvalue weighted by Gasteiger charge is -2.03. The van der Waals surface area contributed by atoms with Crippen molar-refractivity contribution in [3.63, 3.8) is 0 Å². The molecule has 0 amide bonds. The summed E-state index contributed by atoms with van der Waals surface area (Å²) in [5, 5.41) is 8.17. The SMILES string of the molecule is C=C(C#N)OCCCP(=O)(O)O.O=[P+](O)O. The molecule has 0 aromatic carbocycles. The minimum absolute atomic E-state index is 0.0410. The monoisotopic (exact) mass is 272 g/mol. The highest BCUT2D eigenvalue weighted by Gasteiger charge is 2.11. The summed E-state index contributed by atoms with van der Waals surface area (Å²) in [7, 11) is -6.80. The van der Waals surface area contributed by atoms with Crippen molar-refractivity contribution in [2.24, 2.45) is 0 Å². The van der Waals surface area contributed by atoms with Gasteiger partial charge in [-0.15, -0.1) is 9.79 Å². The molecule has 8 nitrogen and oxygen atoms in total. The van der Waals surface area contributed by atoms with E-state index in [1.54, 1.807) is 6.07 Å². The lowest BCUT2D eigenvalue weighted by Crippen LogP contribution is -1.96. The Bertz CT molecular complexity index is 313. The summed E-state index contributed by atoms with van der Waals surface area (Å²) in [4.78, 5) is 31.1. The molecular weight excluding hydrogens is 260 g/mol. The van der Waals surface area contributed by atoms with E-state index in [0.717, 1.165) is 0 Å². The molecule has 10 heteroatoms. The molecule has 16 heavy (non-hydrogen) atoms. The van der Waals surface area contributed by atoms with Crippen molar-refractivity contribution in [3.05, 3.63) is 12.3 Å². The van der Waals surface area contributed by atoms with Gasteiger partial charge in [0.15, 0.2) is 5.76 Å². The first-order chi connectivity index (χ1) is 7.19. The smallest absolute Gasteiger partial charge is 0.484 e. The van der Waals surface area contributed by atoms with E-state index in [1.807, 2.05) is 0 Å². The van der Waals surface area contributed by atoms with Gasteiger partial charge in [0.05, 0.1) is 12.8 Å². The maximum Gasteiger partial charge on any atom is 0.692 e. The van der Waals surface area contributed by atoms with E-state index >= 15 is 0 Å². The van der Waals surface area contributed by atoms with Crippen LogP contribution in [-0.4, -0.2) is 32.3 Å². The molecule has 0 saturated carbocycles. The Morgan fingerprint density at radius 3 is 2.25 bits per heavy atom. The van der Waals surface area contributed by atoms with Crippen LogP contribution >= 0.6 is 15.9 Å². The number of allylic oxidation sites excluding steroid dienone is 1. The molecule has 0 aliphatic heterocycles. The Morgan fingerprint density at radius 2 is 1.94 bits per heavy atom. The predicted molar refractivity (Wildman–Crippen MR) is 54.3 cm³/mol. The third kappa shape index (κ3) is 23.2. The Kier molecular flexibility index (Phi) is 10.4. The average Bonchev–Trinajstić information content (AvgIpc) is 2.09. The van der Waals surface area contributed by atoms with E-state index in [1.165, 1.54) is 0 Å². The van der Waals surface area contributed by atoms with Gasteiger partial charge in [-0.2, -0.15) is 5.26 Å². The summed E-state index contributed by atoms with van der Waals surface area (Å²) in [5.74, 6) is -0.0410. The second-order valence-corrected chi connectivity index (χ2v) is 4.66. The Morgan fingerprint density at radius 1 is 1.50 bits per heavy atom. The van der Waals surface area contributed by atoms with Crippen LogP contribution < -0.4 is 0 Å². The minimum Gasteiger partial charge on any atom is -0.484 e. The van der Waals surface area contributed by atoms with E-state index in [-0.39, 0.29) is 24.9 Å². The van der Waals surface area contributed by atoms with Crippen molar-refractivity contribution in [1.29, 1.82) is 5.26 Å². The topological polar surface area (TPSA) is 148 Å². The second kappa shape index (κ2) is 9.43. The van der Waals surface area contributed by atoms with Gasteiger partial charge in [0.2, 0.25) is 0 Å². The standard InChI is InChI=1S/C6H10NO4P.HO3P/c1-6(5-7)11-3-2-4-12(8,9)10;1-4(2)3/h1-4H2,(H2,8,9,10);(H-,1,2,3)/p+1. The molecular formula is C6H12NO7P2+. The summed E-state index contributed by atoms with van der Waals surface area (Å²) >= 11 is 0. The Hall–Kier alpha value is -0.800. The highest BCUT2D eigenvalue weighted by Crippen LogP contribution is 2.34. The zero-order chi connectivity index (χ0) is 13.2. The first-order valence-corrected chi connectivity index (χ1v) is 6.76. The molecule has 0 radical (unpaired) electrons. The summed E-state index contributed by atoms with van der Waals surface area (Å²) in [6.45, 7) is 3.34. The van der Waals surface area contributed by atoms with Gasteiger partial charge in [0, 0.05) is 4.57 Å². The molecule has 0 spiro atoms. The molecule has 0 bridgehead atoms. The van der Waals surface area contributed by atoms with E-state index in [9.17, 15) is 4.57 Å². The van der Waals surface area contributed by atoms with Gasteiger partial charge in [-0.25, -0.2) is 0 Å². The van der Waals surface area contributed by atoms with Crippen LogP contribution in [0.5, 0.6) is 0 Å². The van der Waals surface area contributed by atoms with Gasteiger partial charge >= 0.3 is 15.9 Å². The number of ether oxygens (including phenoxy) is 1. The van der Waals surface area contributed by atoms with E-state index in [0.29, 0.717) is 0 Å². The average molecular weight is 272 g/mol. The fourth-order valence-corrected chi connectivity index (χ4v) is 1.04. The molecule has 0 aliphatic carbocycles. The zero-order valence-corrected chi connectivity index (χ0v) is 9.97. The largest absolute Gasteiger partial charge is 0.692 e. The quantitative estimate of drug-likeness (QED) is 0.240. The molecule has 0 aromatic rings. The summed E-state index contributed by atoms with van der Waals surface area (Å²) in [5.41, 5.74) is 0. The van der Waals surface area contributed by atoms with Gasteiger partial charge < -0.3 is 14.5 Å². The van der Waals surface area contributed by atoms with Crippen LogP contribution in [-0.2, 0) is 13.9 Å². The van der Waals surface area contributed by atoms with Gasteiger partial charge in [-0.1, -0.05) is 0 Å². The van der Waals surface area contributed by atoms with Crippen LogP contribution in [0, 0.1) is 11.3 Å². The van der Waals surface area contributed by atoms with E-state index in [4.69, 9.17) is 29.4 Å². The van der Waals surface area contributed by atoms with E-state index in [2.05, 4.69) is 11.3 Å². The third-order valence-corrected chi connectivity index (χ3v) is 1.89. The fourth-order valence-electron chi connectivity index (χ4n) is 0.498. The molecule has 0 fully saturated rings. The van der Waals surface area contributed by atoms with Gasteiger partial charge in [0.25, 0.3) is 0 Å². The van der Waals surface area contributed by atoms with Gasteiger partial charge in [-0.05, 0) is 13.0 Å². The van der Waals surface area contributed by atoms with Crippen molar-refractivity contribution < 1.29 is 33.4 Å². The van der Waals surface area contributed by atoms with Crippen LogP contribution in [0.15, 0.2) is 12.3 Å². The van der Waals surface area contributed by atoms with Crippen molar-refractivity contribution in [1.82, 2.24) is 0 Å².